The first-order valence-electron chi connectivity index (χ1n) is 5.82. The molecule has 0 spiro atoms. The predicted octanol–water partition coefficient (Wildman–Crippen LogP) is 1.06. The van der Waals surface area contributed by atoms with Crippen molar-refractivity contribution in [3.8, 4) is 0 Å². The van der Waals surface area contributed by atoms with Crippen LogP contribution in [0.5, 0.6) is 0 Å². The molecule has 1 aromatic heterocycles. The summed E-state index contributed by atoms with van der Waals surface area (Å²) in [5, 5.41) is 9.10. The van der Waals surface area contributed by atoms with Gasteiger partial charge in [-0.25, -0.2) is 4.98 Å². The van der Waals surface area contributed by atoms with Crippen LogP contribution in [0.25, 0.3) is 0 Å². The van der Waals surface area contributed by atoms with Crippen molar-refractivity contribution in [2.45, 2.75) is 31.8 Å². The smallest absolute Gasteiger partial charge is 0.133 e. The molecule has 4 heteroatoms. The van der Waals surface area contributed by atoms with Gasteiger partial charge in [-0.1, -0.05) is 6.07 Å². The maximum atomic E-state index is 9.10. The summed E-state index contributed by atoms with van der Waals surface area (Å²) in [5.41, 5.74) is 7.00. The number of nitrogens with zero attached hydrogens (tertiary/aromatic N) is 2. The van der Waals surface area contributed by atoms with Gasteiger partial charge in [-0.2, -0.15) is 0 Å². The van der Waals surface area contributed by atoms with Gasteiger partial charge in [0.15, 0.2) is 0 Å². The van der Waals surface area contributed by atoms with Gasteiger partial charge in [-0.05, 0) is 25.8 Å². The highest BCUT2D eigenvalue weighted by Gasteiger charge is 2.31. The fourth-order valence-corrected chi connectivity index (χ4v) is 1.96. The maximum absolute atomic E-state index is 9.10. The fourth-order valence-electron chi connectivity index (χ4n) is 1.96. The van der Waals surface area contributed by atoms with Crippen LogP contribution in [0.1, 0.15) is 31.4 Å². The molecule has 16 heavy (non-hydrogen) atoms. The van der Waals surface area contributed by atoms with Gasteiger partial charge >= 0.3 is 0 Å². The van der Waals surface area contributed by atoms with Crippen LogP contribution in [-0.2, 0) is 0 Å². The number of hydrogen-bond donors (Lipinski definition) is 2. The van der Waals surface area contributed by atoms with Gasteiger partial charge in [0.25, 0.3) is 0 Å². The number of anilines is 1. The van der Waals surface area contributed by atoms with Crippen LogP contribution in [-0.4, -0.2) is 29.3 Å². The third-order valence-electron chi connectivity index (χ3n) is 2.91. The van der Waals surface area contributed by atoms with E-state index in [0.717, 1.165) is 11.4 Å². The normalized spacial score (nSPS) is 17.2. The molecule has 0 saturated heterocycles. The average Bonchev–Trinajstić information content (AvgIpc) is 3.10. The average molecular weight is 221 g/mol. The Morgan fingerprint density at radius 1 is 1.62 bits per heavy atom. The molecule has 1 saturated carbocycles. The molecule has 1 heterocycles. The number of nitrogens with two attached hydrogens (primary N) is 1. The lowest BCUT2D eigenvalue weighted by molar-refractivity contribution is 0.301. The summed E-state index contributed by atoms with van der Waals surface area (Å²) in [6.07, 6.45) is 4.16. The van der Waals surface area contributed by atoms with Crippen LogP contribution in [0, 0.1) is 0 Å². The maximum Gasteiger partial charge on any atom is 0.133 e. The van der Waals surface area contributed by atoms with Gasteiger partial charge in [0.1, 0.15) is 5.82 Å². The second-order valence-corrected chi connectivity index (χ2v) is 4.35. The molecule has 1 fully saturated rings. The number of hydrogen-bond acceptors (Lipinski definition) is 4. The zero-order valence-corrected chi connectivity index (χ0v) is 9.63. The molecule has 2 rings (SSSR count). The predicted molar refractivity (Wildman–Crippen MR) is 64.3 cm³/mol. The second kappa shape index (κ2) is 4.80. The monoisotopic (exact) mass is 221 g/mol. The summed E-state index contributed by atoms with van der Waals surface area (Å²) < 4.78 is 0. The first-order valence-corrected chi connectivity index (χ1v) is 5.82. The summed E-state index contributed by atoms with van der Waals surface area (Å²) in [6.45, 7) is 2.76. The van der Waals surface area contributed by atoms with Crippen molar-refractivity contribution in [3.05, 3.63) is 23.9 Å². The van der Waals surface area contributed by atoms with Crippen molar-refractivity contribution in [3.63, 3.8) is 0 Å². The molecule has 1 atom stereocenters. The second-order valence-electron chi connectivity index (χ2n) is 4.35. The van der Waals surface area contributed by atoms with E-state index in [1.165, 1.54) is 12.8 Å². The molecule has 3 N–H and O–H groups in total. The van der Waals surface area contributed by atoms with Crippen molar-refractivity contribution in [2.24, 2.45) is 5.73 Å². The molecular formula is C12H19N3O. The lowest BCUT2D eigenvalue weighted by Gasteiger charge is -2.25. The minimum absolute atomic E-state index is 0.0244. The molecule has 0 amide bonds. The van der Waals surface area contributed by atoms with Gasteiger partial charge < -0.3 is 15.7 Å². The van der Waals surface area contributed by atoms with Crippen molar-refractivity contribution >= 4 is 5.82 Å². The lowest BCUT2D eigenvalue weighted by Crippen LogP contribution is -2.31. The zero-order chi connectivity index (χ0) is 11.5. The summed E-state index contributed by atoms with van der Waals surface area (Å²) in [6, 6.07) is 4.44. The first kappa shape index (κ1) is 11.4. The van der Waals surface area contributed by atoms with E-state index in [0.29, 0.717) is 12.6 Å². The molecule has 0 radical (unpaired) electrons. The van der Waals surface area contributed by atoms with Crippen LogP contribution in [0.4, 0.5) is 5.82 Å². The Morgan fingerprint density at radius 3 is 2.94 bits per heavy atom. The van der Waals surface area contributed by atoms with E-state index in [4.69, 9.17) is 10.8 Å². The van der Waals surface area contributed by atoms with Crippen LogP contribution >= 0.6 is 0 Å². The van der Waals surface area contributed by atoms with Gasteiger partial charge in [-0.3, -0.25) is 0 Å². The highest BCUT2D eigenvalue weighted by atomic mass is 16.3. The molecule has 0 aliphatic heterocycles. The van der Waals surface area contributed by atoms with E-state index >= 15 is 0 Å². The van der Waals surface area contributed by atoms with Crippen LogP contribution in [0.15, 0.2) is 18.3 Å². The summed E-state index contributed by atoms with van der Waals surface area (Å²) in [7, 11) is 0. The summed E-state index contributed by atoms with van der Waals surface area (Å²) in [5.74, 6) is 0.939. The number of rotatable bonds is 5. The van der Waals surface area contributed by atoms with Crippen molar-refractivity contribution in [2.75, 3.05) is 18.1 Å². The highest BCUT2D eigenvalue weighted by molar-refractivity contribution is 5.50. The molecule has 1 unspecified atom stereocenters. The summed E-state index contributed by atoms with van der Waals surface area (Å²) in [4.78, 5) is 6.59. The molecule has 1 aliphatic carbocycles. The zero-order valence-electron chi connectivity index (χ0n) is 9.63. The van der Waals surface area contributed by atoms with Crippen molar-refractivity contribution in [1.29, 1.82) is 0 Å². The standard InChI is InChI=1S/C12H19N3O/c1-9(13)11-3-2-6-14-12(11)15(7-8-16)10-4-5-10/h2-3,6,9-10,16H,4-5,7-8,13H2,1H3. The third-order valence-corrected chi connectivity index (χ3v) is 2.91. The van der Waals surface area contributed by atoms with E-state index in [2.05, 4.69) is 9.88 Å². The molecular weight excluding hydrogens is 202 g/mol. The van der Waals surface area contributed by atoms with Crippen LogP contribution < -0.4 is 10.6 Å². The van der Waals surface area contributed by atoms with Gasteiger partial charge in [0, 0.05) is 30.4 Å². The highest BCUT2D eigenvalue weighted by Crippen LogP contribution is 2.33. The number of pyridine rings is 1. The third kappa shape index (κ3) is 2.33. The number of aromatic nitrogens is 1. The first-order chi connectivity index (χ1) is 7.74. The Kier molecular flexibility index (Phi) is 3.41. The quantitative estimate of drug-likeness (QED) is 0.780. The van der Waals surface area contributed by atoms with Crippen LogP contribution in [0.2, 0.25) is 0 Å². The topological polar surface area (TPSA) is 62.4 Å². The molecule has 1 aliphatic rings. The summed E-state index contributed by atoms with van der Waals surface area (Å²) >= 11 is 0. The molecule has 4 nitrogen and oxygen atoms in total. The molecule has 0 aromatic carbocycles. The van der Waals surface area contributed by atoms with Gasteiger partial charge in [0.2, 0.25) is 0 Å². The van der Waals surface area contributed by atoms with E-state index < -0.39 is 0 Å². The van der Waals surface area contributed by atoms with Crippen molar-refractivity contribution in [1.82, 2.24) is 4.98 Å². The van der Waals surface area contributed by atoms with E-state index in [1.54, 1.807) is 6.20 Å². The molecule has 88 valence electrons. The Hall–Kier alpha value is -1.13. The SMILES string of the molecule is CC(N)c1cccnc1N(CCO)C1CC1. The van der Waals surface area contributed by atoms with E-state index in [9.17, 15) is 0 Å². The lowest BCUT2D eigenvalue weighted by atomic mass is 10.1. The fraction of sp³-hybridized carbons (Fsp3) is 0.583. The number of aliphatic hydroxyl groups excluding tert-OH is 1. The largest absolute Gasteiger partial charge is 0.395 e. The van der Waals surface area contributed by atoms with Gasteiger partial charge in [-0.15, -0.1) is 0 Å². The van der Waals surface area contributed by atoms with E-state index in [1.807, 2.05) is 19.1 Å². The van der Waals surface area contributed by atoms with E-state index in [-0.39, 0.29) is 12.6 Å². The Morgan fingerprint density at radius 2 is 2.38 bits per heavy atom. The molecule has 0 bridgehead atoms. The Bertz CT molecular complexity index is 350. The Balaban J connectivity index is 2.28. The van der Waals surface area contributed by atoms with Crippen molar-refractivity contribution < 1.29 is 5.11 Å². The Labute approximate surface area is 96.1 Å². The minimum atomic E-state index is -0.0244. The number of aliphatic hydroxyl groups is 1. The minimum Gasteiger partial charge on any atom is -0.395 e. The molecule has 1 aromatic rings. The van der Waals surface area contributed by atoms with Gasteiger partial charge in [0.05, 0.1) is 6.61 Å². The van der Waals surface area contributed by atoms with Crippen LogP contribution in [0.3, 0.4) is 0 Å².